The lowest BCUT2D eigenvalue weighted by Gasteiger charge is -2.22. The number of hydrogen-bond acceptors (Lipinski definition) is 0. The smallest absolute Gasteiger partial charge is 0.0176 e. The molecule has 0 radical (unpaired) electrons. The Bertz CT molecular complexity index is 215. The summed E-state index contributed by atoms with van der Waals surface area (Å²) >= 11 is 0. The summed E-state index contributed by atoms with van der Waals surface area (Å²) in [7, 11) is 0. The van der Waals surface area contributed by atoms with E-state index in [1.807, 2.05) is 0 Å². The van der Waals surface area contributed by atoms with Crippen molar-refractivity contribution in [3.05, 3.63) is 11.6 Å². The maximum Gasteiger partial charge on any atom is -0.0176 e. The molecule has 0 heteroatoms. The Balaban J connectivity index is 4.14. The molecule has 0 aliphatic rings. The molecule has 0 aromatic rings. The Morgan fingerprint density at radius 1 is 1.00 bits per heavy atom. The SMILES string of the molecule is CC(=CC(C)CCC(C)C(C)C)C(C)(C)C. The minimum atomic E-state index is 0.331. The zero-order valence-electron chi connectivity index (χ0n) is 12.7. The van der Waals surface area contributed by atoms with Crippen LogP contribution in [0.15, 0.2) is 11.6 Å². The number of allylic oxidation sites excluding steroid dienone is 2. The van der Waals surface area contributed by atoms with Crippen molar-refractivity contribution in [1.29, 1.82) is 0 Å². The van der Waals surface area contributed by atoms with E-state index in [4.69, 9.17) is 0 Å². The second kappa shape index (κ2) is 6.47. The van der Waals surface area contributed by atoms with Gasteiger partial charge < -0.3 is 0 Å². The molecule has 96 valence electrons. The summed E-state index contributed by atoms with van der Waals surface area (Å²) < 4.78 is 0. The summed E-state index contributed by atoms with van der Waals surface area (Å²) in [6, 6.07) is 0. The molecule has 0 saturated heterocycles. The highest BCUT2D eigenvalue weighted by atomic mass is 14.2. The van der Waals surface area contributed by atoms with Crippen LogP contribution in [-0.2, 0) is 0 Å². The van der Waals surface area contributed by atoms with Gasteiger partial charge in [0.05, 0.1) is 0 Å². The number of rotatable bonds is 5. The van der Waals surface area contributed by atoms with Gasteiger partial charge in [-0.1, -0.05) is 60.1 Å². The fourth-order valence-electron chi connectivity index (χ4n) is 1.62. The minimum absolute atomic E-state index is 0.331. The first-order valence-corrected chi connectivity index (χ1v) is 6.83. The van der Waals surface area contributed by atoms with Crippen molar-refractivity contribution >= 4 is 0 Å². The van der Waals surface area contributed by atoms with E-state index in [-0.39, 0.29) is 0 Å². The van der Waals surface area contributed by atoms with E-state index in [2.05, 4.69) is 61.5 Å². The first-order valence-electron chi connectivity index (χ1n) is 6.83. The van der Waals surface area contributed by atoms with E-state index in [1.54, 1.807) is 0 Å². The average Bonchev–Trinajstić information content (AvgIpc) is 2.12. The van der Waals surface area contributed by atoms with Gasteiger partial charge in [-0.3, -0.25) is 0 Å². The van der Waals surface area contributed by atoms with Gasteiger partial charge in [0.25, 0.3) is 0 Å². The van der Waals surface area contributed by atoms with Gasteiger partial charge in [-0.2, -0.15) is 0 Å². The van der Waals surface area contributed by atoms with Crippen molar-refractivity contribution < 1.29 is 0 Å². The van der Waals surface area contributed by atoms with Crippen molar-refractivity contribution in [3.63, 3.8) is 0 Å². The molecule has 16 heavy (non-hydrogen) atoms. The van der Waals surface area contributed by atoms with E-state index < -0.39 is 0 Å². The lowest BCUT2D eigenvalue weighted by Crippen LogP contribution is -2.09. The summed E-state index contributed by atoms with van der Waals surface area (Å²) in [4.78, 5) is 0. The summed E-state index contributed by atoms with van der Waals surface area (Å²) in [5.74, 6) is 2.39. The number of hydrogen-bond donors (Lipinski definition) is 0. The van der Waals surface area contributed by atoms with Crippen LogP contribution in [0.25, 0.3) is 0 Å². The lowest BCUT2D eigenvalue weighted by molar-refractivity contribution is 0.365. The minimum Gasteiger partial charge on any atom is -0.0822 e. The van der Waals surface area contributed by atoms with Gasteiger partial charge in [-0.25, -0.2) is 0 Å². The molecule has 2 atom stereocenters. The topological polar surface area (TPSA) is 0 Å². The van der Waals surface area contributed by atoms with E-state index >= 15 is 0 Å². The highest BCUT2D eigenvalue weighted by Gasteiger charge is 2.14. The molecule has 0 heterocycles. The van der Waals surface area contributed by atoms with Gasteiger partial charge >= 0.3 is 0 Å². The fourth-order valence-corrected chi connectivity index (χ4v) is 1.62. The van der Waals surface area contributed by atoms with Gasteiger partial charge in [0.15, 0.2) is 0 Å². The monoisotopic (exact) mass is 224 g/mol. The average molecular weight is 224 g/mol. The summed E-state index contributed by atoms with van der Waals surface area (Å²) in [5.41, 5.74) is 1.86. The predicted octanol–water partition coefficient (Wildman–Crippen LogP) is 5.69. The van der Waals surface area contributed by atoms with Crippen LogP contribution in [0.4, 0.5) is 0 Å². The molecule has 0 bridgehead atoms. The van der Waals surface area contributed by atoms with E-state index in [0.29, 0.717) is 5.41 Å². The van der Waals surface area contributed by atoms with Crippen LogP contribution in [0, 0.1) is 23.2 Å². The predicted molar refractivity (Wildman–Crippen MR) is 75.6 cm³/mol. The molecule has 0 spiro atoms. The zero-order chi connectivity index (χ0) is 12.9. The van der Waals surface area contributed by atoms with Crippen LogP contribution in [0.3, 0.4) is 0 Å². The normalized spacial score (nSPS) is 17.7. The third-order valence-corrected chi connectivity index (χ3v) is 3.93. The van der Waals surface area contributed by atoms with Gasteiger partial charge in [0, 0.05) is 0 Å². The van der Waals surface area contributed by atoms with Gasteiger partial charge in [0.1, 0.15) is 0 Å². The molecule has 0 fully saturated rings. The Labute approximate surface area is 104 Å². The van der Waals surface area contributed by atoms with Crippen LogP contribution in [0.5, 0.6) is 0 Å². The summed E-state index contributed by atoms with van der Waals surface area (Å²) in [6.45, 7) is 18.5. The molecular formula is C16H32. The maximum atomic E-state index is 2.47. The van der Waals surface area contributed by atoms with Crippen LogP contribution in [0.2, 0.25) is 0 Å². The fraction of sp³-hybridized carbons (Fsp3) is 0.875. The highest BCUT2D eigenvalue weighted by Crippen LogP contribution is 2.27. The third kappa shape index (κ3) is 6.35. The molecule has 0 rings (SSSR count). The quantitative estimate of drug-likeness (QED) is 0.526. The third-order valence-electron chi connectivity index (χ3n) is 3.93. The zero-order valence-corrected chi connectivity index (χ0v) is 12.7. The highest BCUT2D eigenvalue weighted by molar-refractivity contribution is 5.08. The molecule has 0 amide bonds. The van der Waals surface area contributed by atoms with Gasteiger partial charge in [-0.05, 0) is 42.9 Å². The molecular weight excluding hydrogens is 192 g/mol. The van der Waals surface area contributed by atoms with Gasteiger partial charge in [-0.15, -0.1) is 0 Å². The summed E-state index contributed by atoms with van der Waals surface area (Å²) in [5, 5.41) is 0. The largest absolute Gasteiger partial charge is 0.0822 e. The molecule has 0 saturated carbocycles. The Hall–Kier alpha value is -0.260. The van der Waals surface area contributed by atoms with Gasteiger partial charge in [0.2, 0.25) is 0 Å². The van der Waals surface area contributed by atoms with E-state index in [9.17, 15) is 0 Å². The molecule has 0 aliphatic heterocycles. The molecule has 0 aromatic carbocycles. The van der Waals surface area contributed by atoms with Crippen molar-refractivity contribution in [2.45, 2.75) is 68.2 Å². The van der Waals surface area contributed by atoms with Crippen LogP contribution in [0.1, 0.15) is 68.2 Å². The van der Waals surface area contributed by atoms with Crippen molar-refractivity contribution in [2.75, 3.05) is 0 Å². The second-order valence-electron chi connectivity index (χ2n) is 6.88. The maximum absolute atomic E-state index is 2.47. The van der Waals surface area contributed by atoms with Crippen molar-refractivity contribution in [2.24, 2.45) is 23.2 Å². The molecule has 2 unspecified atom stereocenters. The van der Waals surface area contributed by atoms with Crippen molar-refractivity contribution in [1.82, 2.24) is 0 Å². The van der Waals surface area contributed by atoms with Crippen LogP contribution >= 0.6 is 0 Å². The molecule has 0 N–H and O–H groups in total. The second-order valence-corrected chi connectivity index (χ2v) is 6.88. The van der Waals surface area contributed by atoms with Crippen LogP contribution in [-0.4, -0.2) is 0 Å². The first kappa shape index (κ1) is 15.7. The van der Waals surface area contributed by atoms with Crippen molar-refractivity contribution in [3.8, 4) is 0 Å². The molecule has 0 nitrogen and oxygen atoms in total. The standard InChI is InChI=1S/C16H32/c1-12(2)14(4)10-9-13(3)11-15(5)16(6,7)8/h11-14H,9-10H2,1-8H3. The Morgan fingerprint density at radius 2 is 1.50 bits per heavy atom. The van der Waals surface area contributed by atoms with E-state index in [0.717, 1.165) is 17.8 Å². The molecule has 0 aliphatic carbocycles. The Kier molecular flexibility index (Phi) is 6.36. The lowest BCUT2D eigenvalue weighted by atomic mass is 9.84. The summed E-state index contributed by atoms with van der Waals surface area (Å²) in [6.07, 6.45) is 5.15. The molecule has 0 aromatic heterocycles. The first-order chi connectivity index (χ1) is 7.14. The Morgan fingerprint density at radius 3 is 1.88 bits per heavy atom. The van der Waals surface area contributed by atoms with Crippen LogP contribution < -0.4 is 0 Å². The van der Waals surface area contributed by atoms with E-state index in [1.165, 1.54) is 18.4 Å².